The van der Waals surface area contributed by atoms with E-state index in [-0.39, 0.29) is 0 Å². The van der Waals surface area contributed by atoms with Gasteiger partial charge in [-0.1, -0.05) is 0 Å². The van der Waals surface area contributed by atoms with Crippen molar-refractivity contribution in [3.05, 3.63) is 35.8 Å². The molecule has 78 valence electrons. The van der Waals surface area contributed by atoms with Gasteiger partial charge in [0.1, 0.15) is 5.82 Å². The first-order chi connectivity index (χ1) is 7.24. The van der Waals surface area contributed by atoms with E-state index in [9.17, 15) is 0 Å². The fraction of sp³-hybridized carbons (Fsp3) is 0.300. The molecule has 0 aliphatic heterocycles. The van der Waals surface area contributed by atoms with Crippen LogP contribution < -0.4 is 5.32 Å². The summed E-state index contributed by atoms with van der Waals surface area (Å²) in [6.07, 6.45) is 3.64. The van der Waals surface area contributed by atoms with Gasteiger partial charge in [-0.3, -0.25) is 4.68 Å². The number of nitrogens with one attached hydrogen (secondary N) is 1. The number of aryl methyl sites for hydroxylation is 2. The Labute approximate surface area is 88.1 Å². The maximum absolute atomic E-state index is 4.25. The molecule has 2 aromatic rings. The van der Waals surface area contributed by atoms with Gasteiger partial charge >= 0.3 is 0 Å². The zero-order valence-electron chi connectivity index (χ0n) is 8.81. The second-order valence-electron chi connectivity index (χ2n) is 3.45. The Morgan fingerprint density at radius 2 is 2.33 bits per heavy atom. The highest BCUT2D eigenvalue weighted by atomic mass is 15.3. The molecule has 5 heteroatoms. The van der Waals surface area contributed by atoms with Crippen molar-refractivity contribution < 1.29 is 0 Å². The van der Waals surface area contributed by atoms with Crippen LogP contribution in [0.25, 0.3) is 0 Å². The second kappa shape index (κ2) is 4.08. The maximum Gasteiger partial charge on any atom is 0.149 e. The van der Waals surface area contributed by atoms with Gasteiger partial charge in [-0.15, -0.1) is 5.10 Å². The molecule has 0 fully saturated rings. The summed E-state index contributed by atoms with van der Waals surface area (Å²) in [7, 11) is 1.90. The van der Waals surface area contributed by atoms with Gasteiger partial charge in [0.25, 0.3) is 0 Å². The summed E-state index contributed by atoms with van der Waals surface area (Å²) in [5, 5.41) is 15.2. The van der Waals surface area contributed by atoms with E-state index in [2.05, 4.69) is 20.6 Å². The number of hydrogen-bond donors (Lipinski definition) is 1. The van der Waals surface area contributed by atoms with Crippen molar-refractivity contribution in [3.8, 4) is 0 Å². The number of nitrogens with zero attached hydrogens (tertiary/aromatic N) is 4. The lowest BCUT2D eigenvalue weighted by Gasteiger charge is -2.02. The molecule has 0 spiro atoms. The van der Waals surface area contributed by atoms with Crippen LogP contribution in [0.4, 0.5) is 5.82 Å². The Kier molecular flexibility index (Phi) is 2.62. The molecule has 0 aliphatic rings. The van der Waals surface area contributed by atoms with Gasteiger partial charge in [-0.2, -0.15) is 10.2 Å². The third kappa shape index (κ3) is 2.52. The van der Waals surface area contributed by atoms with Crippen LogP contribution in [0.2, 0.25) is 0 Å². The van der Waals surface area contributed by atoms with Crippen LogP contribution >= 0.6 is 0 Å². The van der Waals surface area contributed by atoms with Crippen molar-refractivity contribution in [1.82, 2.24) is 20.0 Å². The summed E-state index contributed by atoms with van der Waals surface area (Å²) in [5.74, 6) is 0.778. The van der Waals surface area contributed by atoms with E-state index in [0.29, 0.717) is 6.54 Å². The minimum absolute atomic E-state index is 0.666. The molecule has 5 nitrogen and oxygen atoms in total. The molecular formula is C10H13N5. The first kappa shape index (κ1) is 9.64. The van der Waals surface area contributed by atoms with E-state index < -0.39 is 0 Å². The molecule has 0 unspecified atom stereocenters. The van der Waals surface area contributed by atoms with E-state index in [1.807, 2.05) is 32.3 Å². The van der Waals surface area contributed by atoms with Gasteiger partial charge in [0.05, 0.1) is 18.4 Å². The van der Waals surface area contributed by atoms with Crippen molar-refractivity contribution in [1.29, 1.82) is 0 Å². The maximum atomic E-state index is 4.25. The minimum Gasteiger partial charge on any atom is -0.363 e. The minimum atomic E-state index is 0.666. The molecule has 0 saturated carbocycles. The molecule has 0 aliphatic carbocycles. The van der Waals surface area contributed by atoms with Crippen molar-refractivity contribution in [3.63, 3.8) is 0 Å². The Bertz CT molecular complexity index is 449. The fourth-order valence-electron chi connectivity index (χ4n) is 1.29. The lowest BCUT2D eigenvalue weighted by atomic mass is 10.3. The average Bonchev–Trinajstić information content (AvgIpc) is 2.62. The van der Waals surface area contributed by atoms with Gasteiger partial charge in [-0.05, 0) is 24.6 Å². The Hall–Kier alpha value is -1.91. The first-order valence-electron chi connectivity index (χ1n) is 4.76. The standard InChI is InChI=1S/C10H13N5/c1-8-5-10(13-12-6-8)11-7-9-3-4-15(2)14-9/h3-6H,7H2,1-2H3,(H,11,13). The van der Waals surface area contributed by atoms with Crippen LogP contribution in [-0.4, -0.2) is 20.0 Å². The molecule has 15 heavy (non-hydrogen) atoms. The summed E-state index contributed by atoms with van der Waals surface area (Å²) in [6.45, 7) is 2.65. The van der Waals surface area contributed by atoms with Gasteiger partial charge in [0.15, 0.2) is 0 Å². The molecule has 0 amide bonds. The lowest BCUT2D eigenvalue weighted by molar-refractivity contribution is 0.746. The molecule has 0 atom stereocenters. The van der Waals surface area contributed by atoms with Gasteiger partial charge in [0.2, 0.25) is 0 Å². The summed E-state index contributed by atoms with van der Waals surface area (Å²) in [6, 6.07) is 3.92. The second-order valence-corrected chi connectivity index (χ2v) is 3.45. The van der Waals surface area contributed by atoms with Crippen LogP contribution in [-0.2, 0) is 13.6 Å². The van der Waals surface area contributed by atoms with E-state index in [0.717, 1.165) is 17.1 Å². The van der Waals surface area contributed by atoms with Crippen LogP contribution in [0.5, 0.6) is 0 Å². The Morgan fingerprint density at radius 3 is 3.00 bits per heavy atom. The first-order valence-corrected chi connectivity index (χ1v) is 4.76. The SMILES string of the molecule is Cc1cnnc(NCc2ccn(C)n2)c1. The largest absolute Gasteiger partial charge is 0.363 e. The quantitative estimate of drug-likeness (QED) is 0.812. The predicted octanol–water partition coefficient (Wildman–Crippen LogP) is 1.13. The highest BCUT2D eigenvalue weighted by molar-refractivity contribution is 5.35. The predicted molar refractivity (Wildman–Crippen MR) is 57.3 cm³/mol. The molecule has 2 rings (SSSR count). The number of anilines is 1. The molecule has 0 saturated heterocycles. The fourth-order valence-corrected chi connectivity index (χ4v) is 1.29. The third-order valence-corrected chi connectivity index (χ3v) is 2.01. The van der Waals surface area contributed by atoms with Crippen molar-refractivity contribution in [2.75, 3.05) is 5.32 Å². The number of aromatic nitrogens is 4. The third-order valence-electron chi connectivity index (χ3n) is 2.01. The zero-order valence-corrected chi connectivity index (χ0v) is 8.81. The van der Waals surface area contributed by atoms with Crippen molar-refractivity contribution in [2.24, 2.45) is 7.05 Å². The van der Waals surface area contributed by atoms with Gasteiger partial charge in [0, 0.05) is 13.2 Å². The van der Waals surface area contributed by atoms with E-state index in [4.69, 9.17) is 0 Å². The highest BCUT2D eigenvalue weighted by Crippen LogP contribution is 2.05. The number of hydrogen-bond acceptors (Lipinski definition) is 4. The lowest BCUT2D eigenvalue weighted by Crippen LogP contribution is -2.03. The molecule has 2 aromatic heterocycles. The Balaban J connectivity index is 1.99. The number of rotatable bonds is 3. The molecule has 1 N–H and O–H groups in total. The normalized spacial score (nSPS) is 10.3. The molecule has 0 radical (unpaired) electrons. The average molecular weight is 203 g/mol. The molecule has 2 heterocycles. The van der Waals surface area contributed by atoms with Crippen molar-refractivity contribution >= 4 is 5.82 Å². The highest BCUT2D eigenvalue weighted by Gasteiger charge is 1.98. The summed E-state index contributed by atoms with van der Waals surface area (Å²) < 4.78 is 1.78. The smallest absolute Gasteiger partial charge is 0.149 e. The van der Waals surface area contributed by atoms with E-state index >= 15 is 0 Å². The Morgan fingerprint density at radius 1 is 1.47 bits per heavy atom. The van der Waals surface area contributed by atoms with Crippen LogP contribution in [0, 0.1) is 6.92 Å². The summed E-state index contributed by atoms with van der Waals surface area (Å²) in [5.41, 5.74) is 2.08. The van der Waals surface area contributed by atoms with E-state index in [1.165, 1.54) is 0 Å². The molecule has 0 bridgehead atoms. The van der Waals surface area contributed by atoms with Gasteiger partial charge < -0.3 is 5.32 Å². The molecule has 0 aromatic carbocycles. The molecular weight excluding hydrogens is 190 g/mol. The van der Waals surface area contributed by atoms with Crippen LogP contribution in [0.15, 0.2) is 24.5 Å². The van der Waals surface area contributed by atoms with Crippen LogP contribution in [0.1, 0.15) is 11.3 Å². The zero-order chi connectivity index (χ0) is 10.7. The van der Waals surface area contributed by atoms with Crippen LogP contribution in [0.3, 0.4) is 0 Å². The summed E-state index contributed by atoms with van der Waals surface area (Å²) in [4.78, 5) is 0. The van der Waals surface area contributed by atoms with Gasteiger partial charge in [-0.25, -0.2) is 0 Å². The summed E-state index contributed by atoms with van der Waals surface area (Å²) >= 11 is 0. The monoisotopic (exact) mass is 203 g/mol. The topological polar surface area (TPSA) is 55.6 Å². The van der Waals surface area contributed by atoms with Crippen molar-refractivity contribution in [2.45, 2.75) is 13.5 Å². The van der Waals surface area contributed by atoms with E-state index in [1.54, 1.807) is 10.9 Å².